The maximum absolute atomic E-state index is 12.2. The van der Waals surface area contributed by atoms with E-state index in [2.05, 4.69) is 218 Å². The second-order valence-corrected chi connectivity index (χ2v) is 19.9. The number of fused-ring (bicyclic) bond motifs is 13. The molecule has 0 fully saturated rings. The van der Waals surface area contributed by atoms with E-state index in [1.165, 1.54) is 0 Å². The lowest BCUT2D eigenvalue weighted by Gasteiger charge is -2.19. The zero-order valence-electron chi connectivity index (χ0n) is 41.8. The summed E-state index contributed by atoms with van der Waals surface area (Å²) in [4.78, 5) is 15.8. The van der Waals surface area contributed by atoms with E-state index in [0.29, 0.717) is 34.4 Å². The number of aromatic nitrogens is 7. The van der Waals surface area contributed by atoms with E-state index in [0.717, 1.165) is 115 Å². The standard InChI is InChI=1S/C70H42N8/c71-43-56-62(77-58-34-18-15-31-51(58)55-41-64-54(42-65(55)77)50-30-14-17-33-57(50)76(64)48-27-11-4-12-28-48)39-46(70-73-68(44-21-5-1-6-22-44)72-69(74-70)45-23-7-2-8-24-45)40-63(56)78-59-35-19-13-29-49(59)52-37-38-61-66(67(52)78)53-32-16-20-36-60(53)75(61)47-25-9-3-10-26-47/h1-42H. The highest BCUT2D eigenvalue weighted by Gasteiger charge is 2.27. The third-order valence-corrected chi connectivity index (χ3v) is 15.6. The molecule has 0 bridgehead atoms. The van der Waals surface area contributed by atoms with E-state index >= 15 is 0 Å². The van der Waals surface area contributed by atoms with Gasteiger partial charge in [-0.25, -0.2) is 15.0 Å². The fourth-order valence-electron chi connectivity index (χ4n) is 12.3. The SMILES string of the molecule is N#Cc1c(-n2c3ccccc3c3cc4c(cc32)c2ccccc2n4-c2ccccc2)cc(-c2nc(-c3ccccc3)nc(-c3ccccc3)n2)cc1-n1c2ccccc2c2ccc3c(c4ccccc4n3-c3ccccc3)c21. The van der Waals surface area contributed by atoms with Gasteiger partial charge in [-0.2, -0.15) is 5.26 Å². The first kappa shape index (κ1) is 43.5. The van der Waals surface area contributed by atoms with Crippen molar-refractivity contribution in [2.24, 2.45) is 0 Å². The van der Waals surface area contributed by atoms with Gasteiger partial charge in [-0.15, -0.1) is 0 Å². The molecular formula is C70H42N8. The number of benzene rings is 11. The van der Waals surface area contributed by atoms with Gasteiger partial charge >= 0.3 is 0 Å². The maximum Gasteiger partial charge on any atom is 0.164 e. The highest BCUT2D eigenvalue weighted by molar-refractivity contribution is 6.26. The molecule has 0 N–H and O–H groups in total. The van der Waals surface area contributed by atoms with E-state index in [1.807, 2.05) is 60.7 Å². The molecule has 0 spiro atoms. The van der Waals surface area contributed by atoms with Crippen LogP contribution in [0.15, 0.2) is 255 Å². The normalized spacial score (nSPS) is 11.8. The van der Waals surface area contributed by atoms with Gasteiger partial charge in [0.15, 0.2) is 17.5 Å². The molecule has 362 valence electrons. The smallest absolute Gasteiger partial charge is 0.164 e. The first-order valence-electron chi connectivity index (χ1n) is 26.2. The Hall–Kier alpha value is -10.9. The largest absolute Gasteiger partial charge is 0.309 e. The lowest BCUT2D eigenvalue weighted by atomic mass is 10.0. The lowest BCUT2D eigenvalue weighted by molar-refractivity contribution is 1.06. The highest BCUT2D eigenvalue weighted by atomic mass is 15.1. The van der Waals surface area contributed by atoms with Crippen molar-refractivity contribution in [2.75, 3.05) is 0 Å². The second-order valence-electron chi connectivity index (χ2n) is 19.9. The van der Waals surface area contributed by atoms with Gasteiger partial charge in [0.05, 0.1) is 55.5 Å². The van der Waals surface area contributed by atoms with Crippen LogP contribution in [0.4, 0.5) is 0 Å². The third kappa shape index (κ3) is 6.43. The van der Waals surface area contributed by atoms with Crippen LogP contribution in [-0.4, -0.2) is 33.2 Å². The van der Waals surface area contributed by atoms with E-state index in [-0.39, 0.29) is 0 Å². The van der Waals surface area contributed by atoms with Crippen LogP contribution < -0.4 is 0 Å². The molecule has 5 heterocycles. The Kier molecular flexibility index (Phi) is 9.53. The van der Waals surface area contributed by atoms with Crippen LogP contribution in [0, 0.1) is 11.3 Å². The summed E-state index contributed by atoms with van der Waals surface area (Å²) >= 11 is 0. The van der Waals surface area contributed by atoms with Crippen LogP contribution in [-0.2, 0) is 0 Å². The maximum atomic E-state index is 12.2. The molecule has 11 aromatic carbocycles. The van der Waals surface area contributed by atoms with Gasteiger partial charge in [0.1, 0.15) is 11.6 Å². The first-order chi connectivity index (χ1) is 38.7. The molecule has 0 aliphatic carbocycles. The Morgan fingerprint density at radius 2 is 0.667 bits per heavy atom. The molecule has 0 atom stereocenters. The summed E-state index contributed by atoms with van der Waals surface area (Å²) in [6.07, 6.45) is 0. The summed E-state index contributed by atoms with van der Waals surface area (Å²) in [6, 6.07) is 92.0. The Morgan fingerprint density at radius 1 is 0.282 bits per heavy atom. The molecule has 0 aliphatic heterocycles. The minimum absolute atomic E-state index is 0.482. The molecular weight excluding hydrogens is 953 g/mol. The molecule has 8 nitrogen and oxygen atoms in total. The Morgan fingerprint density at radius 3 is 1.19 bits per heavy atom. The molecule has 0 radical (unpaired) electrons. The molecule has 0 aliphatic rings. The fraction of sp³-hybridized carbons (Fsp3) is 0. The Bertz CT molecular complexity index is 5080. The van der Waals surface area contributed by atoms with E-state index in [4.69, 9.17) is 15.0 Å². The number of nitriles is 1. The first-order valence-corrected chi connectivity index (χ1v) is 26.2. The summed E-state index contributed by atoms with van der Waals surface area (Å²) in [7, 11) is 0. The van der Waals surface area contributed by atoms with Crippen LogP contribution in [0.25, 0.3) is 144 Å². The molecule has 0 saturated carbocycles. The molecule has 16 rings (SSSR count). The van der Waals surface area contributed by atoms with E-state index in [9.17, 15) is 5.26 Å². The van der Waals surface area contributed by atoms with Crippen LogP contribution in [0.5, 0.6) is 0 Å². The van der Waals surface area contributed by atoms with Crippen LogP contribution >= 0.6 is 0 Å². The Labute approximate surface area is 446 Å². The van der Waals surface area contributed by atoms with Gasteiger partial charge < -0.3 is 18.3 Å². The zero-order valence-corrected chi connectivity index (χ0v) is 41.8. The van der Waals surface area contributed by atoms with Crippen molar-refractivity contribution >= 4 is 87.2 Å². The van der Waals surface area contributed by atoms with Gasteiger partial charge in [0, 0.05) is 71.2 Å². The average molecular weight is 995 g/mol. The topological polar surface area (TPSA) is 82.2 Å². The minimum atomic E-state index is 0.482. The third-order valence-electron chi connectivity index (χ3n) is 15.6. The summed E-state index contributed by atoms with van der Waals surface area (Å²) in [5, 5.41) is 20.9. The molecule has 8 heteroatoms. The summed E-state index contributed by atoms with van der Waals surface area (Å²) in [6.45, 7) is 0. The van der Waals surface area contributed by atoms with Crippen molar-refractivity contribution in [3.05, 3.63) is 260 Å². The second kappa shape index (κ2) is 17.1. The number of nitrogens with zero attached hydrogens (tertiary/aromatic N) is 8. The molecule has 0 saturated heterocycles. The van der Waals surface area contributed by atoms with Crippen molar-refractivity contribution in [3.63, 3.8) is 0 Å². The van der Waals surface area contributed by atoms with Gasteiger partial charge in [-0.1, -0.05) is 176 Å². The van der Waals surface area contributed by atoms with Crippen LogP contribution in [0.1, 0.15) is 5.56 Å². The van der Waals surface area contributed by atoms with Crippen LogP contribution in [0.3, 0.4) is 0 Å². The monoisotopic (exact) mass is 994 g/mol. The lowest BCUT2D eigenvalue weighted by Crippen LogP contribution is -2.07. The van der Waals surface area contributed by atoms with Crippen molar-refractivity contribution in [1.29, 1.82) is 5.26 Å². The molecule has 5 aromatic heterocycles. The number of hydrogen-bond acceptors (Lipinski definition) is 4. The van der Waals surface area contributed by atoms with Gasteiger partial charge in [-0.3, -0.25) is 0 Å². The van der Waals surface area contributed by atoms with Crippen LogP contribution in [0.2, 0.25) is 0 Å². The molecule has 0 unspecified atom stereocenters. The molecule has 78 heavy (non-hydrogen) atoms. The van der Waals surface area contributed by atoms with Crippen molar-refractivity contribution in [1.82, 2.24) is 33.2 Å². The van der Waals surface area contributed by atoms with Gasteiger partial charge in [0.25, 0.3) is 0 Å². The number of hydrogen-bond donors (Lipinski definition) is 0. The molecule has 16 aromatic rings. The zero-order chi connectivity index (χ0) is 51.4. The quantitative estimate of drug-likeness (QED) is 0.159. The molecule has 0 amide bonds. The predicted octanol–water partition coefficient (Wildman–Crippen LogP) is 17.1. The Balaban J connectivity index is 1.08. The van der Waals surface area contributed by atoms with Crippen molar-refractivity contribution in [2.45, 2.75) is 0 Å². The van der Waals surface area contributed by atoms with E-state index in [1.54, 1.807) is 0 Å². The van der Waals surface area contributed by atoms with Gasteiger partial charge in [-0.05, 0) is 78.9 Å². The van der Waals surface area contributed by atoms with Gasteiger partial charge in [0.2, 0.25) is 0 Å². The fourth-order valence-corrected chi connectivity index (χ4v) is 12.3. The summed E-state index contributed by atoms with van der Waals surface area (Å²) < 4.78 is 9.35. The highest BCUT2D eigenvalue weighted by Crippen LogP contribution is 2.46. The minimum Gasteiger partial charge on any atom is -0.309 e. The van der Waals surface area contributed by atoms with Crippen molar-refractivity contribution < 1.29 is 0 Å². The summed E-state index contributed by atoms with van der Waals surface area (Å²) in [5.74, 6) is 1.58. The average Bonchev–Trinajstić information content (AvgIpc) is 4.43. The predicted molar refractivity (Wildman–Crippen MR) is 318 cm³/mol. The van der Waals surface area contributed by atoms with E-state index < -0.39 is 0 Å². The summed E-state index contributed by atoms with van der Waals surface area (Å²) in [5.41, 5.74) is 14.8. The number of para-hydroxylation sites is 6. The number of rotatable bonds is 7. The van der Waals surface area contributed by atoms with Crippen molar-refractivity contribution in [3.8, 4) is 63.0 Å².